The van der Waals surface area contributed by atoms with Gasteiger partial charge in [-0.15, -0.1) is 0 Å². The Morgan fingerprint density at radius 3 is 2.71 bits per heavy atom. The van der Waals surface area contributed by atoms with E-state index >= 15 is 0 Å². The Hall–Kier alpha value is -1.77. The summed E-state index contributed by atoms with van der Waals surface area (Å²) in [6, 6.07) is 2.08. The van der Waals surface area contributed by atoms with Gasteiger partial charge in [0.25, 0.3) is 5.91 Å². The minimum absolute atomic E-state index is 0.0428. The molecule has 0 bridgehead atoms. The lowest BCUT2D eigenvalue weighted by Crippen LogP contribution is -2.68. The average Bonchev–Trinajstić information content (AvgIpc) is 3.00. The van der Waals surface area contributed by atoms with Gasteiger partial charge in [-0.25, -0.2) is 0 Å². The molecule has 2 heterocycles. The number of allylic oxidation sites excluding steroid dienone is 1. The molecular weight excluding hydrogens is 346 g/mol. The molecular formula is C25H33NO2. The van der Waals surface area contributed by atoms with Gasteiger partial charge < -0.3 is 10.1 Å². The maximum absolute atomic E-state index is 12.4. The monoisotopic (exact) mass is 379 g/mol. The van der Waals surface area contributed by atoms with E-state index < -0.39 is 0 Å². The van der Waals surface area contributed by atoms with Gasteiger partial charge >= 0.3 is 0 Å². The maximum atomic E-state index is 12.4. The summed E-state index contributed by atoms with van der Waals surface area (Å²) in [5.74, 6) is 2.15. The third kappa shape index (κ3) is 1.98. The van der Waals surface area contributed by atoms with Gasteiger partial charge in [0.15, 0.2) is 0 Å². The van der Waals surface area contributed by atoms with Gasteiger partial charge in [0, 0.05) is 29.0 Å². The van der Waals surface area contributed by atoms with E-state index in [1.54, 1.807) is 0 Å². The molecule has 1 N–H and O–H groups in total. The molecule has 2 aliphatic heterocycles. The Morgan fingerprint density at radius 1 is 1.21 bits per heavy atom. The number of benzene rings is 1. The summed E-state index contributed by atoms with van der Waals surface area (Å²) in [4.78, 5) is 12.4. The summed E-state index contributed by atoms with van der Waals surface area (Å²) in [5, 5.41) is 3.01. The molecule has 2 unspecified atom stereocenters. The molecule has 1 spiro atoms. The molecule has 3 nitrogen and oxygen atoms in total. The number of fused-ring (bicyclic) bond motifs is 3. The van der Waals surface area contributed by atoms with Gasteiger partial charge in [-0.1, -0.05) is 39.8 Å². The summed E-state index contributed by atoms with van der Waals surface area (Å²) < 4.78 is 7.22. The molecule has 0 radical (unpaired) electrons. The van der Waals surface area contributed by atoms with Gasteiger partial charge in [-0.05, 0) is 67.6 Å². The molecule has 1 aromatic carbocycles. The molecule has 3 heteroatoms. The molecule has 150 valence electrons. The Balaban J connectivity index is 1.74. The first kappa shape index (κ1) is 18.3. The van der Waals surface area contributed by atoms with Crippen LogP contribution < -0.4 is 10.1 Å². The fourth-order valence-electron chi connectivity index (χ4n) is 7.06. The lowest BCUT2D eigenvalue weighted by atomic mass is 9.43. The Morgan fingerprint density at radius 2 is 1.96 bits per heavy atom. The summed E-state index contributed by atoms with van der Waals surface area (Å²) in [5.41, 5.74) is 5.83. The fraction of sp³-hybridized carbons (Fsp3) is 0.640. The standard InChI is InChI=1S/C25H33NO2/c1-14-11-17-19(13-26-22(17)27)21-18(14)12-24(6)16(3)7-8-20-23(4,5)15(2)9-10-25(20,24)28-21/h11,16,20H,2,7-10,12-13H2,1,3-6H3,(H,26,27)/t16-,20?,24+,25?/m0/s1. The number of aryl methyl sites for hydroxylation is 1. The van der Waals surface area contributed by atoms with Crippen molar-refractivity contribution in [2.24, 2.45) is 22.7 Å². The Kier molecular flexibility index (Phi) is 3.54. The van der Waals surface area contributed by atoms with Crippen LogP contribution in [0.25, 0.3) is 0 Å². The number of hydrogen-bond donors (Lipinski definition) is 1. The highest BCUT2D eigenvalue weighted by Gasteiger charge is 2.66. The first-order valence-electron chi connectivity index (χ1n) is 10.9. The summed E-state index contributed by atoms with van der Waals surface area (Å²) in [6.07, 6.45) is 5.58. The second-order valence-electron chi connectivity index (χ2n) is 10.7. The molecule has 0 aromatic heterocycles. The van der Waals surface area contributed by atoms with Gasteiger partial charge in [0.05, 0.1) is 0 Å². The molecule has 5 rings (SSSR count). The van der Waals surface area contributed by atoms with Crippen molar-refractivity contribution in [1.82, 2.24) is 5.32 Å². The van der Waals surface area contributed by atoms with Gasteiger partial charge in [0.2, 0.25) is 0 Å². The number of carbonyl (C=O) groups is 1. The van der Waals surface area contributed by atoms with Crippen molar-refractivity contribution in [3.05, 3.63) is 40.5 Å². The minimum Gasteiger partial charge on any atom is -0.486 e. The first-order valence-corrected chi connectivity index (χ1v) is 10.9. The van der Waals surface area contributed by atoms with Crippen LogP contribution in [0.3, 0.4) is 0 Å². The molecule has 4 atom stereocenters. The van der Waals surface area contributed by atoms with E-state index in [2.05, 4.69) is 52.6 Å². The highest BCUT2D eigenvalue weighted by molar-refractivity contribution is 5.99. The van der Waals surface area contributed by atoms with E-state index in [-0.39, 0.29) is 22.3 Å². The largest absolute Gasteiger partial charge is 0.486 e. The van der Waals surface area contributed by atoms with Crippen molar-refractivity contribution in [3.8, 4) is 5.75 Å². The van der Waals surface area contributed by atoms with Crippen molar-refractivity contribution in [2.45, 2.75) is 78.9 Å². The van der Waals surface area contributed by atoms with E-state index in [4.69, 9.17) is 4.74 Å². The number of hydrogen-bond acceptors (Lipinski definition) is 2. The first-order chi connectivity index (χ1) is 13.1. The zero-order valence-electron chi connectivity index (χ0n) is 18.0. The van der Waals surface area contributed by atoms with Crippen LogP contribution in [-0.2, 0) is 13.0 Å². The number of nitrogens with one attached hydrogen (secondary N) is 1. The van der Waals surface area contributed by atoms with Crippen molar-refractivity contribution in [1.29, 1.82) is 0 Å². The second-order valence-corrected chi connectivity index (χ2v) is 10.7. The van der Waals surface area contributed by atoms with Gasteiger partial charge in [0.1, 0.15) is 11.4 Å². The molecule has 2 aliphatic carbocycles. The minimum atomic E-state index is -0.171. The SMILES string of the molecule is C=C1CCC23Oc4c(c(C)cc5c4CNC5=O)C[C@]2(C)[C@@H](C)CCC3C1(C)C. The van der Waals surface area contributed by atoms with Crippen molar-refractivity contribution in [3.63, 3.8) is 0 Å². The number of ether oxygens (including phenoxy) is 1. The lowest BCUT2D eigenvalue weighted by Gasteiger charge is -2.66. The van der Waals surface area contributed by atoms with Crippen LogP contribution in [0, 0.1) is 29.6 Å². The predicted octanol–water partition coefficient (Wildman–Crippen LogP) is 5.34. The summed E-state index contributed by atoms with van der Waals surface area (Å²) >= 11 is 0. The van der Waals surface area contributed by atoms with Crippen LogP contribution in [0.15, 0.2) is 18.2 Å². The molecule has 28 heavy (non-hydrogen) atoms. The lowest BCUT2D eigenvalue weighted by molar-refractivity contribution is -0.199. The topological polar surface area (TPSA) is 38.3 Å². The van der Waals surface area contributed by atoms with Crippen LogP contribution in [-0.4, -0.2) is 11.5 Å². The van der Waals surface area contributed by atoms with E-state index in [1.165, 1.54) is 29.5 Å². The number of amides is 1. The van der Waals surface area contributed by atoms with E-state index in [9.17, 15) is 4.79 Å². The van der Waals surface area contributed by atoms with E-state index in [1.807, 2.05) is 0 Å². The van der Waals surface area contributed by atoms with E-state index in [0.717, 1.165) is 36.1 Å². The van der Waals surface area contributed by atoms with Gasteiger partial charge in [-0.3, -0.25) is 4.79 Å². The third-order valence-electron chi connectivity index (χ3n) is 9.29. The van der Waals surface area contributed by atoms with E-state index in [0.29, 0.717) is 18.4 Å². The second kappa shape index (κ2) is 5.43. The zero-order valence-corrected chi connectivity index (χ0v) is 18.0. The molecule has 2 saturated carbocycles. The smallest absolute Gasteiger partial charge is 0.252 e. The Labute approximate surface area is 168 Å². The number of rotatable bonds is 0. The van der Waals surface area contributed by atoms with Crippen LogP contribution >= 0.6 is 0 Å². The van der Waals surface area contributed by atoms with Crippen LogP contribution in [0.4, 0.5) is 0 Å². The quantitative estimate of drug-likeness (QED) is 0.618. The summed E-state index contributed by atoms with van der Waals surface area (Å²) in [6.45, 7) is 16.9. The fourth-order valence-corrected chi connectivity index (χ4v) is 7.06. The van der Waals surface area contributed by atoms with Crippen molar-refractivity contribution in [2.75, 3.05) is 0 Å². The highest BCUT2D eigenvalue weighted by atomic mass is 16.5. The van der Waals surface area contributed by atoms with Crippen LogP contribution in [0.2, 0.25) is 0 Å². The molecule has 2 fully saturated rings. The molecule has 4 aliphatic rings. The molecule has 0 saturated heterocycles. The van der Waals surface area contributed by atoms with Crippen LogP contribution in [0.1, 0.15) is 80.4 Å². The summed E-state index contributed by atoms with van der Waals surface area (Å²) in [7, 11) is 0. The maximum Gasteiger partial charge on any atom is 0.252 e. The molecule has 1 amide bonds. The number of carbonyl (C=O) groups excluding carboxylic acids is 1. The highest BCUT2D eigenvalue weighted by Crippen LogP contribution is 2.67. The normalized spacial score (nSPS) is 37.9. The Bertz CT molecular complexity index is 914. The zero-order chi connectivity index (χ0) is 20.1. The third-order valence-corrected chi connectivity index (χ3v) is 9.29. The van der Waals surface area contributed by atoms with Crippen molar-refractivity contribution >= 4 is 5.91 Å². The van der Waals surface area contributed by atoms with Crippen LogP contribution in [0.5, 0.6) is 5.75 Å². The molecule has 1 aromatic rings. The average molecular weight is 380 g/mol. The van der Waals surface area contributed by atoms with Gasteiger partial charge in [-0.2, -0.15) is 0 Å². The van der Waals surface area contributed by atoms with Crippen molar-refractivity contribution < 1.29 is 9.53 Å². The predicted molar refractivity (Wildman–Crippen MR) is 112 cm³/mol.